The number of carbonyl (C=O) groups excluding carboxylic acids is 2. The van der Waals surface area contributed by atoms with Gasteiger partial charge in [-0.25, -0.2) is 0 Å². The first-order valence-corrected chi connectivity index (χ1v) is 7.10. The van der Waals surface area contributed by atoms with Gasteiger partial charge in [0.05, 0.1) is 0 Å². The summed E-state index contributed by atoms with van der Waals surface area (Å²) in [6, 6.07) is 5.34. The molecule has 0 bridgehead atoms. The smallest absolute Gasteiger partial charge is 0.253 e. The second-order valence-electron chi connectivity index (χ2n) is 5.57. The topological polar surface area (TPSA) is 67.4 Å². The minimum Gasteiger partial charge on any atom is -0.368 e. The van der Waals surface area contributed by atoms with E-state index in [1.54, 1.807) is 19.1 Å². The van der Waals surface area contributed by atoms with Crippen LogP contribution in [0.2, 0.25) is 0 Å². The first kappa shape index (κ1) is 17.2. The fourth-order valence-electron chi connectivity index (χ4n) is 1.73. The van der Waals surface area contributed by atoms with Crippen LogP contribution in [0.4, 0.5) is 11.4 Å². The molecule has 1 aromatic rings. The van der Waals surface area contributed by atoms with Crippen LogP contribution in [-0.4, -0.2) is 24.5 Å². The molecule has 116 valence electrons. The number of rotatable bonds is 6. The van der Waals surface area contributed by atoms with Gasteiger partial charge < -0.3 is 15.4 Å². The molecule has 0 aliphatic carbocycles. The van der Waals surface area contributed by atoms with Gasteiger partial charge in [-0.3, -0.25) is 9.59 Å². The van der Waals surface area contributed by atoms with Crippen molar-refractivity contribution in [2.45, 2.75) is 40.7 Å². The standard InChI is InChI=1S/C16H24N2O3/c1-10(2)9-21-12(4)16(20)18-14-6-7-15(11(3)8-14)17-13(5)19/h6-8,10,12H,9H2,1-5H3,(H,17,19)(H,18,20)/t12-/m0/s1. The lowest BCUT2D eigenvalue weighted by Gasteiger charge is -2.15. The molecule has 1 rings (SSSR count). The molecule has 2 amide bonds. The molecule has 0 unspecified atom stereocenters. The molecule has 5 nitrogen and oxygen atoms in total. The third-order valence-electron chi connectivity index (χ3n) is 2.85. The molecule has 0 saturated heterocycles. The lowest BCUT2D eigenvalue weighted by atomic mass is 10.1. The molecule has 0 saturated carbocycles. The Labute approximate surface area is 126 Å². The zero-order valence-corrected chi connectivity index (χ0v) is 13.3. The van der Waals surface area contributed by atoms with Gasteiger partial charge in [0.1, 0.15) is 6.10 Å². The highest BCUT2D eigenvalue weighted by atomic mass is 16.5. The first-order valence-electron chi connectivity index (χ1n) is 7.10. The van der Waals surface area contributed by atoms with E-state index in [9.17, 15) is 9.59 Å². The number of aryl methyl sites for hydroxylation is 1. The second-order valence-corrected chi connectivity index (χ2v) is 5.57. The maximum Gasteiger partial charge on any atom is 0.253 e. The van der Waals surface area contributed by atoms with Crippen molar-refractivity contribution in [1.29, 1.82) is 0 Å². The third-order valence-corrected chi connectivity index (χ3v) is 2.85. The van der Waals surface area contributed by atoms with Crippen LogP contribution in [0.5, 0.6) is 0 Å². The molecule has 1 atom stereocenters. The lowest BCUT2D eigenvalue weighted by Crippen LogP contribution is -2.29. The third kappa shape index (κ3) is 5.95. The van der Waals surface area contributed by atoms with Gasteiger partial charge in [0.2, 0.25) is 5.91 Å². The summed E-state index contributed by atoms with van der Waals surface area (Å²) in [6.07, 6.45) is -0.497. The van der Waals surface area contributed by atoms with Crippen molar-refractivity contribution >= 4 is 23.2 Å². The quantitative estimate of drug-likeness (QED) is 0.847. The van der Waals surface area contributed by atoms with E-state index >= 15 is 0 Å². The number of hydrogen-bond donors (Lipinski definition) is 2. The van der Waals surface area contributed by atoms with Crippen LogP contribution in [-0.2, 0) is 14.3 Å². The zero-order chi connectivity index (χ0) is 16.0. The SMILES string of the molecule is CC(=O)Nc1ccc(NC(=O)[C@H](C)OCC(C)C)cc1C. The number of hydrogen-bond acceptors (Lipinski definition) is 3. The maximum atomic E-state index is 12.0. The fraction of sp³-hybridized carbons (Fsp3) is 0.500. The molecular weight excluding hydrogens is 268 g/mol. The number of nitrogens with one attached hydrogen (secondary N) is 2. The number of benzene rings is 1. The molecule has 0 radical (unpaired) electrons. The van der Waals surface area contributed by atoms with Gasteiger partial charge in [0.25, 0.3) is 5.91 Å². The Morgan fingerprint density at radius 2 is 1.86 bits per heavy atom. The minimum atomic E-state index is -0.497. The summed E-state index contributed by atoms with van der Waals surface area (Å²) < 4.78 is 5.47. The highest BCUT2D eigenvalue weighted by Crippen LogP contribution is 2.20. The Kier molecular flexibility index (Phi) is 6.37. The van der Waals surface area contributed by atoms with E-state index in [2.05, 4.69) is 10.6 Å². The van der Waals surface area contributed by atoms with Crippen molar-refractivity contribution in [3.05, 3.63) is 23.8 Å². The summed E-state index contributed by atoms with van der Waals surface area (Å²) in [4.78, 5) is 23.0. The van der Waals surface area contributed by atoms with Gasteiger partial charge in [-0.1, -0.05) is 13.8 Å². The second kappa shape index (κ2) is 7.78. The van der Waals surface area contributed by atoms with E-state index in [1.807, 2.05) is 26.8 Å². The van der Waals surface area contributed by atoms with E-state index < -0.39 is 6.10 Å². The minimum absolute atomic E-state index is 0.120. The highest BCUT2D eigenvalue weighted by Gasteiger charge is 2.14. The first-order chi connectivity index (χ1) is 9.79. The fourth-order valence-corrected chi connectivity index (χ4v) is 1.73. The average molecular weight is 292 g/mol. The van der Waals surface area contributed by atoms with Crippen LogP contribution in [0.1, 0.15) is 33.3 Å². The van der Waals surface area contributed by atoms with Gasteiger partial charge in [-0.15, -0.1) is 0 Å². The number of ether oxygens (including phenoxy) is 1. The zero-order valence-electron chi connectivity index (χ0n) is 13.3. The van der Waals surface area contributed by atoms with Crippen LogP contribution >= 0.6 is 0 Å². The maximum absolute atomic E-state index is 12.0. The Bertz CT molecular complexity index is 512. The van der Waals surface area contributed by atoms with E-state index in [0.29, 0.717) is 18.2 Å². The Balaban J connectivity index is 2.64. The molecule has 5 heteroatoms. The number of amides is 2. The Morgan fingerprint density at radius 1 is 1.19 bits per heavy atom. The molecular formula is C16H24N2O3. The molecule has 0 heterocycles. The Morgan fingerprint density at radius 3 is 2.38 bits per heavy atom. The summed E-state index contributed by atoms with van der Waals surface area (Å²) in [5.74, 6) is 0.0901. The van der Waals surface area contributed by atoms with Crippen LogP contribution in [0.25, 0.3) is 0 Å². The lowest BCUT2D eigenvalue weighted by molar-refractivity contribution is -0.127. The summed E-state index contributed by atoms with van der Waals surface area (Å²) in [6.45, 7) is 9.69. The van der Waals surface area contributed by atoms with Crippen LogP contribution in [0, 0.1) is 12.8 Å². The molecule has 0 aliphatic heterocycles. The molecule has 21 heavy (non-hydrogen) atoms. The van der Waals surface area contributed by atoms with Crippen molar-refractivity contribution in [3.8, 4) is 0 Å². The van der Waals surface area contributed by atoms with Crippen molar-refractivity contribution in [3.63, 3.8) is 0 Å². The summed E-state index contributed by atoms with van der Waals surface area (Å²) in [5.41, 5.74) is 2.31. The molecule has 0 aliphatic rings. The number of anilines is 2. The van der Waals surface area contributed by atoms with Crippen molar-refractivity contribution in [2.24, 2.45) is 5.92 Å². The van der Waals surface area contributed by atoms with Crippen LogP contribution < -0.4 is 10.6 Å². The van der Waals surface area contributed by atoms with E-state index in [1.165, 1.54) is 6.92 Å². The normalized spacial score (nSPS) is 12.1. The molecule has 1 aromatic carbocycles. The predicted molar refractivity (Wildman–Crippen MR) is 84.4 cm³/mol. The van der Waals surface area contributed by atoms with E-state index in [4.69, 9.17) is 4.74 Å². The Hall–Kier alpha value is -1.88. The monoisotopic (exact) mass is 292 g/mol. The van der Waals surface area contributed by atoms with E-state index in [-0.39, 0.29) is 11.8 Å². The van der Waals surface area contributed by atoms with Crippen LogP contribution in [0.3, 0.4) is 0 Å². The van der Waals surface area contributed by atoms with Crippen LogP contribution in [0.15, 0.2) is 18.2 Å². The van der Waals surface area contributed by atoms with Crippen molar-refractivity contribution in [1.82, 2.24) is 0 Å². The molecule has 2 N–H and O–H groups in total. The predicted octanol–water partition coefficient (Wildman–Crippen LogP) is 2.95. The van der Waals surface area contributed by atoms with Gasteiger partial charge in [-0.05, 0) is 43.5 Å². The summed E-state index contributed by atoms with van der Waals surface area (Å²) in [7, 11) is 0. The van der Waals surface area contributed by atoms with Crippen molar-refractivity contribution < 1.29 is 14.3 Å². The van der Waals surface area contributed by atoms with E-state index in [0.717, 1.165) is 11.3 Å². The summed E-state index contributed by atoms with van der Waals surface area (Å²) in [5, 5.41) is 5.54. The highest BCUT2D eigenvalue weighted by molar-refractivity contribution is 5.95. The van der Waals surface area contributed by atoms with Gasteiger partial charge >= 0.3 is 0 Å². The van der Waals surface area contributed by atoms with Gasteiger partial charge in [0, 0.05) is 24.9 Å². The molecule has 0 spiro atoms. The van der Waals surface area contributed by atoms with Gasteiger partial charge in [-0.2, -0.15) is 0 Å². The molecule has 0 fully saturated rings. The average Bonchev–Trinajstić information content (AvgIpc) is 2.38. The summed E-state index contributed by atoms with van der Waals surface area (Å²) >= 11 is 0. The largest absolute Gasteiger partial charge is 0.368 e. The number of carbonyl (C=O) groups is 2. The van der Waals surface area contributed by atoms with Gasteiger partial charge in [0.15, 0.2) is 0 Å². The molecule has 0 aromatic heterocycles. The van der Waals surface area contributed by atoms with Crippen molar-refractivity contribution in [2.75, 3.05) is 17.2 Å².